The van der Waals surface area contributed by atoms with Crippen LogP contribution < -0.4 is 0 Å². The minimum absolute atomic E-state index is 0.0453. The van der Waals surface area contributed by atoms with E-state index in [0.717, 1.165) is 10.7 Å². The molecule has 0 radical (unpaired) electrons. The lowest BCUT2D eigenvalue weighted by molar-refractivity contribution is -0.122. The number of rotatable bonds is 4. The quantitative estimate of drug-likeness (QED) is 0.777. The van der Waals surface area contributed by atoms with E-state index in [1.807, 2.05) is 38.1 Å². The zero-order valence-electron chi connectivity index (χ0n) is 14.0. The van der Waals surface area contributed by atoms with Crippen LogP contribution in [0.1, 0.15) is 25.2 Å². The topological polar surface area (TPSA) is 69.6 Å². The predicted octanol–water partition coefficient (Wildman–Crippen LogP) is 4.13. The summed E-state index contributed by atoms with van der Waals surface area (Å²) >= 11 is 1.37. The van der Waals surface area contributed by atoms with E-state index in [1.54, 1.807) is 23.1 Å². The molecular weight excluding hydrogens is 334 g/mol. The molecule has 3 rings (SSSR count). The number of carbonyl (C=O) groups excluding carboxylic acids is 1. The molecule has 126 valence electrons. The number of nitrogens with zero attached hydrogens (tertiary/aromatic N) is 3. The first kappa shape index (κ1) is 17.1. The third-order valence-corrected chi connectivity index (χ3v) is 4.74. The highest BCUT2D eigenvalue weighted by molar-refractivity contribution is 8.18. The minimum atomic E-state index is -0.0453. The van der Waals surface area contributed by atoms with Gasteiger partial charge in [0.1, 0.15) is 11.5 Å². The fraction of sp³-hybridized carbons (Fsp3) is 0.211. The van der Waals surface area contributed by atoms with Crippen molar-refractivity contribution in [2.75, 3.05) is 13.1 Å². The molecule has 25 heavy (non-hydrogen) atoms. The van der Waals surface area contributed by atoms with Crippen molar-refractivity contribution in [3.63, 3.8) is 0 Å². The molecule has 2 aromatic rings. The average molecular weight is 351 g/mol. The van der Waals surface area contributed by atoms with E-state index in [9.17, 15) is 4.79 Å². The molecule has 0 aliphatic carbocycles. The summed E-state index contributed by atoms with van der Waals surface area (Å²) in [5.41, 5.74) is 1.49. The van der Waals surface area contributed by atoms with E-state index in [4.69, 9.17) is 9.68 Å². The van der Waals surface area contributed by atoms with Gasteiger partial charge in [-0.3, -0.25) is 14.7 Å². The number of benzene rings is 1. The summed E-state index contributed by atoms with van der Waals surface area (Å²) in [5, 5.41) is 9.60. The largest absolute Gasteiger partial charge is 0.457 e. The molecule has 1 aliphatic heterocycles. The second-order valence-corrected chi connectivity index (χ2v) is 6.32. The van der Waals surface area contributed by atoms with E-state index in [1.165, 1.54) is 11.8 Å². The van der Waals surface area contributed by atoms with Crippen molar-refractivity contribution in [3.05, 3.63) is 52.6 Å². The van der Waals surface area contributed by atoms with E-state index in [-0.39, 0.29) is 5.91 Å². The van der Waals surface area contributed by atoms with Gasteiger partial charge in [-0.15, -0.1) is 0 Å². The van der Waals surface area contributed by atoms with Gasteiger partial charge in [0, 0.05) is 24.7 Å². The molecule has 1 aliphatic rings. The van der Waals surface area contributed by atoms with Crippen LogP contribution in [0.15, 0.2) is 50.7 Å². The second-order valence-electron chi connectivity index (χ2n) is 5.31. The third-order valence-electron chi connectivity index (χ3n) is 3.70. The van der Waals surface area contributed by atoms with Gasteiger partial charge < -0.3 is 4.42 Å². The van der Waals surface area contributed by atoms with Crippen molar-refractivity contribution in [2.24, 2.45) is 4.99 Å². The van der Waals surface area contributed by atoms with Gasteiger partial charge in [-0.25, -0.2) is 0 Å². The van der Waals surface area contributed by atoms with Gasteiger partial charge in [-0.05, 0) is 62.0 Å². The van der Waals surface area contributed by atoms with Crippen LogP contribution in [-0.4, -0.2) is 29.1 Å². The predicted molar refractivity (Wildman–Crippen MR) is 99.8 cm³/mol. The Bertz CT molecular complexity index is 888. The number of hydrogen-bond acceptors (Lipinski definition) is 5. The maximum absolute atomic E-state index is 12.5. The molecule has 1 fully saturated rings. The number of thioether (sulfide) groups is 1. The van der Waals surface area contributed by atoms with Crippen molar-refractivity contribution in [1.82, 2.24) is 4.90 Å². The van der Waals surface area contributed by atoms with E-state index in [2.05, 4.69) is 11.1 Å². The fourth-order valence-electron chi connectivity index (χ4n) is 2.46. The second kappa shape index (κ2) is 7.41. The number of furan rings is 1. The zero-order valence-corrected chi connectivity index (χ0v) is 14.8. The SMILES string of the molecule is CCN=C1SC(=Cc2ccc(-c3ccc(C#N)cc3)o2)C(=O)N1CC. The fourth-order valence-corrected chi connectivity index (χ4v) is 3.55. The van der Waals surface area contributed by atoms with Crippen molar-refractivity contribution in [1.29, 1.82) is 5.26 Å². The van der Waals surface area contributed by atoms with Crippen LogP contribution in [-0.2, 0) is 4.79 Å². The van der Waals surface area contributed by atoms with Crippen LogP contribution in [0.3, 0.4) is 0 Å². The van der Waals surface area contributed by atoms with Gasteiger partial charge in [0.05, 0.1) is 16.5 Å². The van der Waals surface area contributed by atoms with Gasteiger partial charge in [-0.2, -0.15) is 5.26 Å². The summed E-state index contributed by atoms with van der Waals surface area (Å²) in [7, 11) is 0. The Kier molecular flexibility index (Phi) is 5.05. The Hall–Kier alpha value is -2.78. The molecule has 0 atom stereocenters. The summed E-state index contributed by atoms with van der Waals surface area (Å²) in [6.45, 7) is 5.12. The summed E-state index contributed by atoms with van der Waals surface area (Å²) in [4.78, 5) is 19.1. The summed E-state index contributed by atoms with van der Waals surface area (Å²) < 4.78 is 5.83. The standard InChI is InChI=1S/C19H17N3O2S/c1-3-21-19-22(4-2)18(23)17(25-19)11-15-9-10-16(24-15)14-7-5-13(12-20)6-8-14/h5-11H,3-4H2,1-2H3. The first-order valence-corrected chi connectivity index (χ1v) is 8.84. The maximum Gasteiger partial charge on any atom is 0.266 e. The average Bonchev–Trinajstić information content (AvgIpc) is 3.21. The highest BCUT2D eigenvalue weighted by atomic mass is 32.2. The lowest BCUT2D eigenvalue weighted by Crippen LogP contribution is -2.28. The van der Waals surface area contributed by atoms with E-state index < -0.39 is 0 Å². The molecule has 5 nitrogen and oxygen atoms in total. The number of carbonyl (C=O) groups is 1. The van der Waals surface area contributed by atoms with Crippen molar-refractivity contribution in [3.8, 4) is 17.4 Å². The highest BCUT2D eigenvalue weighted by Crippen LogP contribution is 2.33. The molecule has 1 saturated heterocycles. The van der Waals surface area contributed by atoms with E-state index in [0.29, 0.717) is 35.1 Å². The summed E-state index contributed by atoms with van der Waals surface area (Å²) in [6, 6.07) is 13.0. The molecule has 0 saturated carbocycles. The third kappa shape index (κ3) is 3.52. The van der Waals surface area contributed by atoms with Crippen LogP contribution in [0.5, 0.6) is 0 Å². The van der Waals surface area contributed by atoms with Crippen LogP contribution in [0.2, 0.25) is 0 Å². The Morgan fingerprint density at radius 1 is 1.24 bits per heavy atom. The Morgan fingerprint density at radius 2 is 2.00 bits per heavy atom. The summed E-state index contributed by atoms with van der Waals surface area (Å²) in [6.07, 6.45) is 1.75. The first-order chi connectivity index (χ1) is 12.2. The van der Waals surface area contributed by atoms with Crippen LogP contribution in [0.25, 0.3) is 17.4 Å². The summed E-state index contributed by atoms with van der Waals surface area (Å²) in [5.74, 6) is 1.27. The number of aliphatic imine (C=N–C) groups is 1. The van der Waals surface area contributed by atoms with E-state index >= 15 is 0 Å². The van der Waals surface area contributed by atoms with Gasteiger partial charge >= 0.3 is 0 Å². The number of amidine groups is 1. The van der Waals surface area contributed by atoms with Crippen LogP contribution in [0.4, 0.5) is 0 Å². The van der Waals surface area contributed by atoms with Crippen LogP contribution >= 0.6 is 11.8 Å². The monoisotopic (exact) mass is 351 g/mol. The number of nitriles is 1. The van der Waals surface area contributed by atoms with Gasteiger partial charge in [0.2, 0.25) is 0 Å². The molecule has 1 aromatic carbocycles. The molecule has 1 amide bonds. The van der Waals surface area contributed by atoms with Crippen molar-refractivity contribution < 1.29 is 9.21 Å². The van der Waals surface area contributed by atoms with Crippen LogP contribution in [0, 0.1) is 11.3 Å². The Balaban J connectivity index is 1.85. The zero-order chi connectivity index (χ0) is 17.8. The molecule has 1 aromatic heterocycles. The van der Waals surface area contributed by atoms with Crippen molar-refractivity contribution in [2.45, 2.75) is 13.8 Å². The normalized spacial score (nSPS) is 17.5. The Morgan fingerprint density at radius 3 is 2.64 bits per heavy atom. The van der Waals surface area contributed by atoms with Gasteiger partial charge in [0.15, 0.2) is 5.17 Å². The molecule has 0 spiro atoms. The highest BCUT2D eigenvalue weighted by Gasteiger charge is 2.32. The lowest BCUT2D eigenvalue weighted by atomic mass is 10.1. The van der Waals surface area contributed by atoms with Gasteiger partial charge in [0.25, 0.3) is 5.91 Å². The minimum Gasteiger partial charge on any atom is -0.457 e. The molecule has 0 bridgehead atoms. The van der Waals surface area contributed by atoms with Gasteiger partial charge in [-0.1, -0.05) is 0 Å². The molecule has 2 heterocycles. The molecule has 0 N–H and O–H groups in total. The number of amides is 1. The number of hydrogen-bond donors (Lipinski definition) is 0. The van der Waals surface area contributed by atoms with Crippen molar-refractivity contribution >= 4 is 28.9 Å². The number of likely N-dealkylation sites (N-methyl/N-ethyl adjacent to an activating group) is 1. The molecule has 6 heteroatoms. The first-order valence-electron chi connectivity index (χ1n) is 8.02. The smallest absolute Gasteiger partial charge is 0.266 e. The molecular formula is C19H17N3O2S. The lowest BCUT2D eigenvalue weighted by Gasteiger charge is -2.11. The maximum atomic E-state index is 12.5. The molecule has 0 unspecified atom stereocenters. The Labute approximate surface area is 150 Å².